The lowest BCUT2D eigenvalue weighted by Crippen LogP contribution is -2.31. The Balaban J connectivity index is 2.71. The first-order chi connectivity index (χ1) is 8.95. The highest BCUT2D eigenvalue weighted by atomic mass is 16.6. The Bertz CT molecular complexity index is 589. The second kappa shape index (κ2) is 6.44. The molecule has 1 heterocycles. The molecule has 0 saturated heterocycles. The number of nitrogens with one attached hydrogen (secondary N) is 2. The first kappa shape index (κ1) is 14.6. The number of H-pyrrole nitrogens is 1. The standard InChI is InChI=1S/C9H13N5O5/c10-12-7(15)3-1-2-4-13-5-6(14(18)19)8(16)11-9(13)17/h5H,1-4,10H2,(H,12,15)(H,11,16,17). The average molecular weight is 271 g/mol. The zero-order valence-electron chi connectivity index (χ0n) is 9.92. The number of carbonyl (C=O) groups excluding carboxylic acids is 1. The Labute approximate surface area is 106 Å². The van der Waals surface area contributed by atoms with Gasteiger partial charge in [-0.1, -0.05) is 0 Å². The van der Waals surface area contributed by atoms with Crippen molar-refractivity contribution < 1.29 is 9.72 Å². The molecule has 1 rings (SSSR count). The first-order valence-corrected chi connectivity index (χ1v) is 5.43. The number of aryl methyl sites for hydroxylation is 1. The third-order valence-corrected chi connectivity index (χ3v) is 2.40. The van der Waals surface area contributed by atoms with Crippen molar-refractivity contribution in [3.05, 3.63) is 37.1 Å². The lowest BCUT2D eigenvalue weighted by atomic mass is 10.2. The minimum absolute atomic E-state index is 0.161. The molecule has 10 heteroatoms. The van der Waals surface area contributed by atoms with E-state index in [0.717, 1.165) is 10.8 Å². The van der Waals surface area contributed by atoms with E-state index in [0.29, 0.717) is 12.8 Å². The lowest BCUT2D eigenvalue weighted by Gasteiger charge is -2.04. The van der Waals surface area contributed by atoms with E-state index in [-0.39, 0.29) is 18.9 Å². The van der Waals surface area contributed by atoms with Gasteiger partial charge < -0.3 is 0 Å². The molecule has 4 N–H and O–H groups in total. The quantitative estimate of drug-likeness (QED) is 0.190. The van der Waals surface area contributed by atoms with E-state index < -0.39 is 21.9 Å². The van der Waals surface area contributed by atoms with Gasteiger partial charge in [0.1, 0.15) is 0 Å². The van der Waals surface area contributed by atoms with Gasteiger partial charge in [0.15, 0.2) is 0 Å². The van der Waals surface area contributed by atoms with Crippen LogP contribution in [0.15, 0.2) is 15.8 Å². The Kier molecular flexibility index (Phi) is 4.94. The van der Waals surface area contributed by atoms with Gasteiger partial charge in [-0.2, -0.15) is 0 Å². The van der Waals surface area contributed by atoms with Gasteiger partial charge >= 0.3 is 16.9 Å². The van der Waals surface area contributed by atoms with Crippen LogP contribution in [-0.2, 0) is 11.3 Å². The number of rotatable bonds is 6. The Morgan fingerprint density at radius 3 is 2.74 bits per heavy atom. The average Bonchev–Trinajstić information content (AvgIpc) is 2.35. The van der Waals surface area contributed by atoms with E-state index in [2.05, 4.69) is 0 Å². The number of aromatic nitrogens is 2. The van der Waals surface area contributed by atoms with Crippen LogP contribution in [0.1, 0.15) is 19.3 Å². The highest BCUT2D eigenvalue weighted by molar-refractivity contribution is 5.74. The van der Waals surface area contributed by atoms with Crippen LogP contribution in [0.5, 0.6) is 0 Å². The molecule has 0 radical (unpaired) electrons. The molecular formula is C9H13N5O5. The molecule has 10 nitrogen and oxygen atoms in total. The molecule has 19 heavy (non-hydrogen) atoms. The van der Waals surface area contributed by atoms with Crippen molar-refractivity contribution >= 4 is 11.6 Å². The fourth-order valence-corrected chi connectivity index (χ4v) is 1.43. The third-order valence-electron chi connectivity index (χ3n) is 2.40. The maximum Gasteiger partial charge on any atom is 0.350 e. The molecule has 104 valence electrons. The molecule has 0 aliphatic carbocycles. The predicted octanol–water partition coefficient (Wildman–Crippen LogP) is -1.40. The maximum absolute atomic E-state index is 11.4. The van der Waals surface area contributed by atoms with Crippen LogP contribution in [0, 0.1) is 10.1 Å². The minimum atomic E-state index is -1.03. The fourth-order valence-electron chi connectivity index (χ4n) is 1.43. The van der Waals surface area contributed by atoms with Gasteiger partial charge in [0.2, 0.25) is 5.91 Å². The minimum Gasteiger partial charge on any atom is -0.294 e. The molecule has 1 aromatic heterocycles. The number of unbranched alkanes of at least 4 members (excludes halogenated alkanes) is 1. The zero-order chi connectivity index (χ0) is 14.4. The topological polar surface area (TPSA) is 153 Å². The van der Waals surface area contributed by atoms with Crippen LogP contribution < -0.4 is 22.5 Å². The van der Waals surface area contributed by atoms with Crippen LogP contribution in [-0.4, -0.2) is 20.4 Å². The second-order valence-electron chi connectivity index (χ2n) is 3.75. The largest absolute Gasteiger partial charge is 0.350 e. The first-order valence-electron chi connectivity index (χ1n) is 5.43. The molecule has 0 fully saturated rings. The summed E-state index contributed by atoms with van der Waals surface area (Å²) in [7, 11) is 0. The van der Waals surface area contributed by atoms with Crippen molar-refractivity contribution in [3.63, 3.8) is 0 Å². The van der Waals surface area contributed by atoms with Crippen molar-refractivity contribution in [3.8, 4) is 0 Å². The number of hydrazine groups is 1. The van der Waals surface area contributed by atoms with E-state index in [1.54, 1.807) is 0 Å². The van der Waals surface area contributed by atoms with Gasteiger partial charge in [-0.15, -0.1) is 0 Å². The lowest BCUT2D eigenvalue weighted by molar-refractivity contribution is -0.386. The van der Waals surface area contributed by atoms with E-state index in [4.69, 9.17) is 5.84 Å². The van der Waals surface area contributed by atoms with Crippen molar-refractivity contribution in [2.45, 2.75) is 25.8 Å². The highest BCUT2D eigenvalue weighted by Gasteiger charge is 2.14. The fraction of sp³-hybridized carbons (Fsp3) is 0.444. The summed E-state index contributed by atoms with van der Waals surface area (Å²) < 4.78 is 1.03. The molecule has 0 saturated carbocycles. The van der Waals surface area contributed by atoms with Crippen LogP contribution >= 0.6 is 0 Å². The molecule has 0 aliphatic rings. The molecule has 0 unspecified atom stereocenters. The summed E-state index contributed by atoms with van der Waals surface area (Å²) in [6.45, 7) is 0.161. The number of carbonyl (C=O) groups is 1. The SMILES string of the molecule is NNC(=O)CCCCn1cc([N+](=O)[O-])c(=O)[nH]c1=O. The maximum atomic E-state index is 11.4. The van der Waals surface area contributed by atoms with Crippen LogP contribution in [0.4, 0.5) is 5.69 Å². The summed E-state index contributed by atoms with van der Waals surface area (Å²) in [6.07, 6.45) is 1.99. The number of nitrogens with two attached hydrogens (primary N) is 1. The van der Waals surface area contributed by atoms with Crippen molar-refractivity contribution in [1.82, 2.24) is 15.0 Å². The molecule has 0 bridgehead atoms. The smallest absolute Gasteiger partial charge is 0.294 e. The summed E-state index contributed by atoms with van der Waals surface area (Å²) >= 11 is 0. The Hall–Kier alpha value is -2.49. The zero-order valence-corrected chi connectivity index (χ0v) is 9.92. The predicted molar refractivity (Wildman–Crippen MR) is 64.2 cm³/mol. The van der Waals surface area contributed by atoms with E-state index in [1.165, 1.54) is 0 Å². The van der Waals surface area contributed by atoms with Crippen molar-refractivity contribution in [1.29, 1.82) is 0 Å². The van der Waals surface area contributed by atoms with Gasteiger partial charge in [0.25, 0.3) is 0 Å². The summed E-state index contributed by atoms with van der Waals surface area (Å²) in [5.41, 5.74) is -0.490. The van der Waals surface area contributed by atoms with E-state index in [9.17, 15) is 24.5 Å². The Morgan fingerprint density at radius 2 is 2.16 bits per heavy atom. The third kappa shape index (κ3) is 4.03. The second-order valence-corrected chi connectivity index (χ2v) is 3.75. The molecule has 0 aromatic carbocycles. The van der Waals surface area contributed by atoms with Gasteiger partial charge in [-0.25, -0.2) is 10.6 Å². The van der Waals surface area contributed by atoms with Gasteiger partial charge in [-0.3, -0.25) is 34.7 Å². The van der Waals surface area contributed by atoms with E-state index in [1.807, 2.05) is 10.4 Å². The number of aromatic amines is 1. The number of hydrogen-bond acceptors (Lipinski definition) is 6. The monoisotopic (exact) mass is 271 g/mol. The molecular weight excluding hydrogens is 258 g/mol. The molecule has 0 atom stereocenters. The van der Waals surface area contributed by atoms with Gasteiger partial charge in [0.05, 0.1) is 11.1 Å². The van der Waals surface area contributed by atoms with Crippen LogP contribution in [0.2, 0.25) is 0 Å². The highest BCUT2D eigenvalue weighted by Crippen LogP contribution is 2.02. The summed E-state index contributed by atoms with van der Waals surface area (Å²) in [5.74, 6) is 4.56. The van der Waals surface area contributed by atoms with Gasteiger partial charge in [-0.05, 0) is 12.8 Å². The van der Waals surface area contributed by atoms with Gasteiger partial charge in [0, 0.05) is 13.0 Å². The summed E-state index contributed by atoms with van der Waals surface area (Å²) in [4.78, 5) is 44.9. The van der Waals surface area contributed by atoms with Crippen LogP contribution in [0.3, 0.4) is 0 Å². The Morgan fingerprint density at radius 1 is 1.47 bits per heavy atom. The normalized spacial score (nSPS) is 10.2. The summed E-state index contributed by atoms with van der Waals surface area (Å²) in [6, 6.07) is 0. The van der Waals surface area contributed by atoms with Crippen molar-refractivity contribution in [2.24, 2.45) is 5.84 Å². The number of nitro groups is 1. The molecule has 1 aromatic rings. The molecule has 1 amide bonds. The van der Waals surface area contributed by atoms with Crippen molar-refractivity contribution in [2.75, 3.05) is 0 Å². The number of hydrogen-bond donors (Lipinski definition) is 3. The van der Waals surface area contributed by atoms with Crippen LogP contribution in [0.25, 0.3) is 0 Å². The van der Waals surface area contributed by atoms with E-state index >= 15 is 0 Å². The summed E-state index contributed by atoms with van der Waals surface area (Å²) in [5, 5.41) is 10.5. The number of nitrogens with zero attached hydrogens (tertiary/aromatic N) is 2. The molecule has 0 spiro atoms. The molecule has 0 aliphatic heterocycles. The number of amides is 1.